The standard InChI is InChI=1S/C23H24N2O2/c1-2-3-6-17-10-9-16-11-12-19(13-20(16)23(17)26)27-15-22-24-14-18-7-4-5-8-21(18)25-22/h4-5,7-8,11-14,17H,2-3,6,9-10,15H2,1H3. The average molecular weight is 360 g/mol. The summed E-state index contributed by atoms with van der Waals surface area (Å²) in [7, 11) is 0. The zero-order valence-corrected chi connectivity index (χ0v) is 15.6. The molecule has 0 spiro atoms. The van der Waals surface area contributed by atoms with Gasteiger partial charge in [-0.05, 0) is 43.0 Å². The summed E-state index contributed by atoms with van der Waals surface area (Å²) in [5, 5.41) is 1.01. The van der Waals surface area contributed by atoms with Crippen LogP contribution in [0, 0.1) is 5.92 Å². The summed E-state index contributed by atoms with van der Waals surface area (Å²) in [6, 6.07) is 13.8. The van der Waals surface area contributed by atoms with Gasteiger partial charge < -0.3 is 4.74 Å². The van der Waals surface area contributed by atoms with Crippen LogP contribution in [0.25, 0.3) is 10.9 Å². The first-order valence-electron chi connectivity index (χ1n) is 9.75. The molecule has 1 atom stereocenters. The molecule has 0 radical (unpaired) electrons. The SMILES string of the molecule is CCCCC1CCc2ccc(OCc3ncc4ccccc4n3)cc2C1=O. The van der Waals surface area contributed by atoms with E-state index in [1.54, 1.807) is 0 Å². The van der Waals surface area contributed by atoms with Crippen molar-refractivity contribution in [3.8, 4) is 5.75 Å². The lowest BCUT2D eigenvalue weighted by molar-refractivity contribution is 0.0892. The molecule has 4 nitrogen and oxygen atoms in total. The summed E-state index contributed by atoms with van der Waals surface area (Å²) in [6.45, 7) is 2.46. The van der Waals surface area contributed by atoms with Crippen molar-refractivity contribution in [2.24, 2.45) is 5.92 Å². The highest BCUT2D eigenvalue weighted by Gasteiger charge is 2.27. The Kier molecular flexibility index (Phi) is 5.14. The molecule has 4 heteroatoms. The van der Waals surface area contributed by atoms with Gasteiger partial charge >= 0.3 is 0 Å². The van der Waals surface area contributed by atoms with Gasteiger partial charge in [0.2, 0.25) is 0 Å². The zero-order chi connectivity index (χ0) is 18.6. The van der Waals surface area contributed by atoms with E-state index in [2.05, 4.69) is 16.9 Å². The van der Waals surface area contributed by atoms with Gasteiger partial charge in [-0.25, -0.2) is 9.97 Å². The predicted molar refractivity (Wildman–Crippen MR) is 106 cm³/mol. The maximum absolute atomic E-state index is 12.8. The summed E-state index contributed by atoms with van der Waals surface area (Å²) < 4.78 is 5.89. The molecule has 27 heavy (non-hydrogen) atoms. The quantitative estimate of drug-likeness (QED) is 0.610. The second-order valence-electron chi connectivity index (χ2n) is 7.19. The number of ketones is 1. The third kappa shape index (κ3) is 3.85. The number of rotatable bonds is 6. The van der Waals surface area contributed by atoms with Crippen LogP contribution in [-0.4, -0.2) is 15.8 Å². The van der Waals surface area contributed by atoms with E-state index < -0.39 is 0 Å². The van der Waals surface area contributed by atoms with Gasteiger partial charge in [0.1, 0.15) is 12.4 Å². The van der Waals surface area contributed by atoms with Crippen molar-refractivity contribution >= 4 is 16.7 Å². The summed E-state index contributed by atoms with van der Waals surface area (Å²) in [4.78, 5) is 21.7. The highest BCUT2D eigenvalue weighted by molar-refractivity contribution is 6.00. The number of carbonyl (C=O) groups is 1. The summed E-state index contributed by atoms with van der Waals surface area (Å²) in [5.74, 6) is 1.78. The van der Waals surface area contributed by atoms with Gasteiger partial charge in [-0.2, -0.15) is 0 Å². The van der Waals surface area contributed by atoms with E-state index in [9.17, 15) is 4.79 Å². The first-order chi connectivity index (χ1) is 13.2. The van der Waals surface area contributed by atoms with Crippen LogP contribution in [0.15, 0.2) is 48.7 Å². The molecule has 0 amide bonds. The number of Topliss-reactive ketones (excluding diaryl/α,β-unsaturated/α-hetero) is 1. The number of hydrogen-bond donors (Lipinski definition) is 0. The minimum atomic E-state index is 0.163. The Morgan fingerprint density at radius 3 is 2.96 bits per heavy atom. The van der Waals surface area contributed by atoms with Crippen LogP contribution in [0.4, 0.5) is 0 Å². The van der Waals surface area contributed by atoms with Crippen molar-refractivity contribution < 1.29 is 9.53 Å². The van der Waals surface area contributed by atoms with Gasteiger partial charge in [-0.1, -0.05) is 44.0 Å². The maximum atomic E-state index is 12.8. The third-order valence-corrected chi connectivity index (χ3v) is 5.29. The van der Waals surface area contributed by atoms with Gasteiger partial charge in [0.15, 0.2) is 11.6 Å². The van der Waals surface area contributed by atoms with Crippen LogP contribution in [0.2, 0.25) is 0 Å². The minimum absolute atomic E-state index is 0.163. The number of aryl methyl sites for hydroxylation is 1. The van der Waals surface area contributed by atoms with Crippen LogP contribution in [-0.2, 0) is 13.0 Å². The predicted octanol–water partition coefficient (Wildman–Crippen LogP) is 5.14. The molecule has 138 valence electrons. The smallest absolute Gasteiger partial charge is 0.166 e. The van der Waals surface area contributed by atoms with Crippen LogP contribution in [0.5, 0.6) is 5.75 Å². The lowest BCUT2D eigenvalue weighted by atomic mass is 9.80. The van der Waals surface area contributed by atoms with E-state index in [0.29, 0.717) is 11.6 Å². The monoisotopic (exact) mass is 360 g/mol. The molecule has 1 heterocycles. The molecule has 0 saturated heterocycles. The topological polar surface area (TPSA) is 52.1 Å². The second kappa shape index (κ2) is 7.87. The van der Waals surface area contributed by atoms with Crippen LogP contribution >= 0.6 is 0 Å². The molecule has 4 rings (SSSR count). The fraction of sp³-hybridized carbons (Fsp3) is 0.348. The van der Waals surface area contributed by atoms with Crippen LogP contribution in [0.3, 0.4) is 0 Å². The van der Waals surface area contributed by atoms with Crippen molar-refractivity contribution in [1.29, 1.82) is 0 Å². The minimum Gasteiger partial charge on any atom is -0.486 e. The lowest BCUT2D eigenvalue weighted by Crippen LogP contribution is -2.22. The Hall–Kier alpha value is -2.75. The Balaban J connectivity index is 1.48. The summed E-state index contributed by atoms with van der Waals surface area (Å²) in [6.07, 6.45) is 6.99. The van der Waals surface area contributed by atoms with Crippen molar-refractivity contribution in [1.82, 2.24) is 9.97 Å². The number of benzene rings is 2. The van der Waals surface area contributed by atoms with Gasteiger partial charge in [0.05, 0.1) is 5.52 Å². The normalized spacial score (nSPS) is 16.3. The van der Waals surface area contributed by atoms with Crippen molar-refractivity contribution in [3.63, 3.8) is 0 Å². The number of ether oxygens (including phenoxy) is 1. The van der Waals surface area contributed by atoms with Crippen LogP contribution < -0.4 is 4.74 Å². The highest BCUT2D eigenvalue weighted by Crippen LogP contribution is 2.31. The first kappa shape index (κ1) is 17.7. The summed E-state index contributed by atoms with van der Waals surface area (Å²) in [5.41, 5.74) is 2.88. The molecule has 0 N–H and O–H groups in total. The van der Waals surface area contributed by atoms with Gasteiger partial charge in [-0.15, -0.1) is 0 Å². The zero-order valence-electron chi connectivity index (χ0n) is 15.6. The van der Waals surface area contributed by atoms with Crippen molar-refractivity contribution in [2.75, 3.05) is 0 Å². The Morgan fingerprint density at radius 2 is 2.07 bits per heavy atom. The largest absolute Gasteiger partial charge is 0.486 e. The molecular formula is C23H24N2O2. The van der Waals surface area contributed by atoms with Crippen molar-refractivity contribution in [3.05, 3.63) is 65.6 Å². The van der Waals surface area contributed by atoms with E-state index >= 15 is 0 Å². The van der Waals surface area contributed by atoms with E-state index in [0.717, 1.165) is 54.1 Å². The van der Waals surface area contributed by atoms with E-state index in [4.69, 9.17) is 4.74 Å². The fourth-order valence-corrected chi connectivity index (χ4v) is 3.73. The Morgan fingerprint density at radius 1 is 1.19 bits per heavy atom. The summed E-state index contributed by atoms with van der Waals surface area (Å²) >= 11 is 0. The Labute approximate surface area is 159 Å². The molecule has 0 aliphatic heterocycles. The molecule has 2 aromatic carbocycles. The lowest BCUT2D eigenvalue weighted by Gasteiger charge is -2.23. The molecule has 1 aliphatic rings. The number of nitrogens with zero attached hydrogens (tertiary/aromatic N) is 2. The maximum Gasteiger partial charge on any atom is 0.166 e. The number of fused-ring (bicyclic) bond motifs is 2. The number of carbonyl (C=O) groups excluding carboxylic acids is 1. The van der Waals surface area contributed by atoms with Crippen LogP contribution in [0.1, 0.15) is 54.4 Å². The highest BCUT2D eigenvalue weighted by atomic mass is 16.5. The fourth-order valence-electron chi connectivity index (χ4n) is 3.73. The molecule has 0 fully saturated rings. The van der Waals surface area contributed by atoms with E-state index in [1.807, 2.05) is 48.7 Å². The van der Waals surface area contributed by atoms with E-state index in [1.165, 1.54) is 0 Å². The van der Waals surface area contributed by atoms with Gasteiger partial charge in [0.25, 0.3) is 0 Å². The number of hydrogen-bond acceptors (Lipinski definition) is 4. The third-order valence-electron chi connectivity index (χ3n) is 5.29. The molecular weight excluding hydrogens is 336 g/mol. The van der Waals surface area contributed by atoms with Gasteiger partial charge in [0, 0.05) is 23.1 Å². The number of aromatic nitrogens is 2. The number of para-hydroxylation sites is 1. The second-order valence-corrected chi connectivity index (χ2v) is 7.19. The molecule has 0 saturated carbocycles. The van der Waals surface area contributed by atoms with Crippen molar-refractivity contribution in [2.45, 2.75) is 45.6 Å². The molecule has 1 unspecified atom stereocenters. The van der Waals surface area contributed by atoms with E-state index in [-0.39, 0.29) is 18.3 Å². The van der Waals surface area contributed by atoms with Gasteiger partial charge in [-0.3, -0.25) is 4.79 Å². The molecule has 3 aromatic rings. The number of unbranched alkanes of at least 4 members (excludes halogenated alkanes) is 1. The molecule has 1 aromatic heterocycles. The Bertz CT molecular complexity index is 968. The molecule has 0 bridgehead atoms. The first-order valence-corrected chi connectivity index (χ1v) is 9.75. The average Bonchev–Trinajstić information content (AvgIpc) is 2.72. The molecule has 1 aliphatic carbocycles.